The SMILES string of the molecule is Cc1ccc(S(=O)(=O)N(CC(=O)N(Cc2ccccc2C)C(Cc2ccccc2)C(=O)NC2CCCCC2)c2ccc(C)c(Cl)c2)cc1. The van der Waals surface area contributed by atoms with E-state index in [2.05, 4.69) is 5.32 Å². The van der Waals surface area contributed by atoms with E-state index in [0.29, 0.717) is 5.02 Å². The molecule has 1 fully saturated rings. The molecule has 1 unspecified atom stereocenters. The number of hydrogen-bond donors (Lipinski definition) is 1. The van der Waals surface area contributed by atoms with Gasteiger partial charge in [0.25, 0.3) is 10.0 Å². The van der Waals surface area contributed by atoms with Crippen molar-refractivity contribution in [3.05, 3.63) is 130 Å². The zero-order chi connectivity index (χ0) is 34.3. The van der Waals surface area contributed by atoms with Crippen molar-refractivity contribution in [2.45, 2.75) is 82.8 Å². The molecule has 0 spiro atoms. The summed E-state index contributed by atoms with van der Waals surface area (Å²) in [5.41, 5.74) is 4.70. The number of amides is 2. The second-order valence-corrected chi connectivity index (χ2v) is 15.0. The lowest BCUT2D eigenvalue weighted by atomic mass is 9.94. The van der Waals surface area contributed by atoms with Crippen molar-refractivity contribution in [2.24, 2.45) is 0 Å². The molecule has 5 rings (SSSR count). The van der Waals surface area contributed by atoms with Crippen LogP contribution in [-0.2, 0) is 32.6 Å². The number of rotatable bonds is 12. The standard InChI is InChI=1S/C39H44ClN3O4S/c1-28-18-22-35(23-19-28)48(46,47)43(34-21-20-30(3)36(40)25-34)27-38(44)42(26-32-15-11-10-12-29(32)2)37(24-31-13-6-4-7-14-31)39(45)41-33-16-8-5-9-17-33/h4,6-7,10-15,18-23,25,33,37H,5,8-9,16-17,24,26-27H2,1-3H3,(H,41,45). The molecule has 1 saturated carbocycles. The molecule has 2 amide bonds. The van der Waals surface area contributed by atoms with Crippen molar-refractivity contribution in [1.82, 2.24) is 10.2 Å². The highest BCUT2D eigenvalue weighted by Crippen LogP contribution is 2.29. The summed E-state index contributed by atoms with van der Waals surface area (Å²) in [6.45, 7) is 5.29. The number of nitrogens with zero attached hydrogens (tertiary/aromatic N) is 2. The predicted octanol–water partition coefficient (Wildman–Crippen LogP) is 7.55. The average molecular weight is 686 g/mol. The first kappa shape index (κ1) is 35.2. The molecule has 48 heavy (non-hydrogen) atoms. The summed E-state index contributed by atoms with van der Waals surface area (Å²) in [5.74, 6) is -0.732. The van der Waals surface area contributed by atoms with Crippen molar-refractivity contribution >= 4 is 39.1 Å². The maximum absolute atomic E-state index is 14.8. The van der Waals surface area contributed by atoms with E-state index in [-0.39, 0.29) is 35.5 Å². The van der Waals surface area contributed by atoms with Crippen LogP contribution in [0, 0.1) is 20.8 Å². The van der Waals surface area contributed by atoms with Crippen LogP contribution in [0.2, 0.25) is 5.02 Å². The summed E-state index contributed by atoms with van der Waals surface area (Å²) in [4.78, 5) is 30.6. The Hall–Kier alpha value is -4.14. The van der Waals surface area contributed by atoms with Gasteiger partial charge < -0.3 is 10.2 Å². The molecule has 1 aliphatic carbocycles. The summed E-state index contributed by atoms with van der Waals surface area (Å²) in [5, 5.41) is 3.64. The van der Waals surface area contributed by atoms with Crippen molar-refractivity contribution in [3.63, 3.8) is 0 Å². The van der Waals surface area contributed by atoms with Crippen LogP contribution in [0.4, 0.5) is 5.69 Å². The molecular weight excluding hydrogens is 642 g/mol. The second-order valence-electron chi connectivity index (χ2n) is 12.8. The van der Waals surface area contributed by atoms with Crippen molar-refractivity contribution in [1.29, 1.82) is 0 Å². The molecule has 4 aromatic carbocycles. The molecule has 1 aliphatic rings. The summed E-state index contributed by atoms with van der Waals surface area (Å²) in [7, 11) is -4.21. The third-order valence-electron chi connectivity index (χ3n) is 9.16. The number of halogens is 1. The van der Waals surface area contributed by atoms with Gasteiger partial charge in [-0.1, -0.05) is 109 Å². The Morgan fingerprint density at radius 1 is 0.833 bits per heavy atom. The van der Waals surface area contributed by atoms with Crippen molar-refractivity contribution in [2.75, 3.05) is 10.8 Å². The zero-order valence-corrected chi connectivity index (χ0v) is 29.4. The predicted molar refractivity (Wildman–Crippen MR) is 193 cm³/mol. The molecule has 252 valence electrons. The van der Waals surface area contributed by atoms with Gasteiger partial charge in [0, 0.05) is 24.0 Å². The van der Waals surface area contributed by atoms with E-state index in [0.717, 1.165) is 64.2 Å². The molecule has 9 heteroatoms. The molecule has 0 saturated heterocycles. The van der Waals surface area contributed by atoms with Gasteiger partial charge in [0.1, 0.15) is 12.6 Å². The number of carbonyl (C=O) groups is 2. The van der Waals surface area contributed by atoms with Crippen LogP contribution in [0.25, 0.3) is 0 Å². The van der Waals surface area contributed by atoms with Gasteiger partial charge in [-0.15, -0.1) is 0 Å². The lowest BCUT2D eigenvalue weighted by Crippen LogP contribution is -2.55. The third kappa shape index (κ3) is 8.65. The molecule has 0 aromatic heterocycles. The largest absolute Gasteiger partial charge is 0.352 e. The molecule has 0 heterocycles. The van der Waals surface area contributed by atoms with Crippen LogP contribution in [0.1, 0.15) is 59.9 Å². The van der Waals surface area contributed by atoms with E-state index in [4.69, 9.17) is 11.6 Å². The Balaban J connectivity index is 1.58. The van der Waals surface area contributed by atoms with Crippen LogP contribution in [-0.4, -0.2) is 43.8 Å². The number of hydrogen-bond acceptors (Lipinski definition) is 4. The Kier molecular flexibility index (Phi) is 11.6. The Bertz CT molecular complexity index is 1820. The first-order valence-corrected chi connectivity index (χ1v) is 18.4. The van der Waals surface area contributed by atoms with E-state index in [1.165, 1.54) is 0 Å². The fraction of sp³-hybridized carbons (Fsp3) is 0.333. The third-order valence-corrected chi connectivity index (χ3v) is 11.4. The minimum absolute atomic E-state index is 0.0352. The van der Waals surface area contributed by atoms with Crippen LogP contribution in [0.3, 0.4) is 0 Å². The highest BCUT2D eigenvalue weighted by atomic mass is 35.5. The van der Waals surface area contributed by atoms with Gasteiger partial charge in [-0.05, 0) is 80.1 Å². The topological polar surface area (TPSA) is 86.8 Å². The maximum atomic E-state index is 14.8. The number of sulfonamides is 1. The lowest BCUT2D eigenvalue weighted by Gasteiger charge is -2.35. The van der Waals surface area contributed by atoms with E-state index < -0.39 is 28.5 Å². The highest BCUT2D eigenvalue weighted by Gasteiger charge is 2.35. The number of anilines is 1. The van der Waals surface area contributed by atoms with Gasteiger partial charge in [-0.2, -0.15) is 0 Å². The molecular formula is C39H44ClN3O4S. The summed E-state index contributed by atoms with van der Waals surface area (Å²) in [6.07, 6.45) is 5.30. The number of nitrogens with one attached hydrogen (secondary N) is 1. The first-order valence-electron chi connectivity index (χ1n) is 16.6. The molecule has 0 bridgehead atoms. The number of benzene rings is 4. The van der Waals surface area contributed by atoms with Crippen LogP contribution in [0.15, 0.2) is 102 Å². The number of aryl methyl sites for hydroxylation is 3. The summed E-state index contributed by atoms with van der Waals surface area (Å²) in [6, 6.07) is 28.0. The van der Waals surface area contributed by atoms with Crippen molar-refractivity contribution < 1.29 is 18.0 Å². The average Bonchev–Trinajstić information content (AvgIpc) is 3.08. The van der Waals surface area contributed by atoms with Gasteiger partial charge >= 0.3 is 0 Å². The van der Waals surface area contributed by atoms with Gasteiger partial charge in [-0.3, -0.25) is 13.9 Å². The van der Waals surface area contributed by atoms with Crippen molar-refractivity contribution in [3.8, 4) is 0 Å². The van der Waals surface area contributed by atoms with Gasteiger partial charge in [0.2, 0.25) is 11.8 Å². The Labute approximate surface area is 290 Å². The highest BCUT2D eigenvalue weighted by molar-refractivity contribution is 7.92. The molecule has 7 nitrogen and oxygen atoms in total. The minimum atomic E-state index is -4.21. The molecule has 1 N–H and O–H groups in total. The summed E-state index contributed by atoms with van der Waals surface area (Å²) < 4.78 is 29.7. The van der Waals surface area contributed by atoms with E-state index in [1.54, 1.807) is 47.4 Å². The fourth-order valence-electron chi connectivity index (χ4n) is 6.17. The minimum Gasteiger partial charge on any atom is -0.352 e. The molecule has 0 aliphatic heterocycles. The van der Waals surface area contributed by atoms with Gasteiger partial charge in [0.15, 0.2) is 0 Å². The van der Waals surface area contributed by atoms with Gasteiger partial charge in [-0.25, -0.2) is 8.42 Å². The maximum Gasteiger partial charge on any atom is 0.264 e. The van der Waals surface area contributed by atoms with E-state index in [1.807, 2.05) is 75.4 Å². The normalized spacial score (nSPS) is 14.2. The number of carbonyl (C=O) groups excluding carboxylic acids is 2. The first-order chi connectivity index (χ1) is 23.0. The Morgan fingerprint density at radius 2 is 1.50 bits per heavy atom. The van der Waals surface area contributed by atoms with Crippen LogP contribution >= 0.6 is 11.6 Å². The van der Waals surface area contributed by atoms with E-state index in [9.17, 15) is 18.0 Å². The summed E-state index contributed by atoms with van der Waals surface area (Å²) >= 11 is 6.50. The molecule has 1 atom stereocenters. The molecule has 4 aromatic rings. The fourth-order valence-corrected chi connectivity index (χ4v) is 7.75. The zero-order valence-electron chi connectivity index (χ0n) is 27.9. The second kappa shape index (κ2) is 15.8. The van der Waals surface area contributed by atoms with Crippen LogP contribution < -0.4 is 9.62 Å². The van der Waals surface area contributed by atoms with E-state index >= 15 is 0 Å². The quantitative estimate of drug-likeness (QED) is 0.167. The molecule has 0 radical (unpaired) electrons. The smallest absolute Gasteiger partial charge is 0.264 e. The Morgan fingerprint density at radius 3 is 2.17 bits per heavy atom. The lowest BCUT2D eigenvalue weighted by molar-refractivity contribution is -0.140. The van der Waals surface area contributed by atoms with Crippen LogP contribution in [0.5, 0.6) is 0 Å². The monoisotopic (exact) mass is 685 g/mol. The van der Waals surface area contributed by atoms with Gasteiger partial charge in [0.05, 0.1) is 10.6 Å².